The summed E-state index contributed by atoms with van der Waals surface area (Å²) >= 11 is 0. The molecule has 0 saturated heterocycles. The van der Waals surface area contributed by atoms with Gasteiger partial charge < -0.3 is 4.52 Å². The summed E-state index contributed by atoms with van der Waals surface area (Å²) in [6.07, 6.45) is 3.56. The summed E-state index contributed by atoms with van der Waals surface area (Å²) in [7, 11) is 0. The van der Waals surface area contributed by atoms with Crippen LogP contribution < -0.4 is 0 Å². The molecule has 0 amide bonds. The molecule has 0 unspecified atom stereocenters. The fourth-order valence-electron chi connectivity index (χ4n) is 1.54. The lowest BCUT2D eigenvalue weighted by Gasteiger charge is -2.14. The van der Waals surface area contributed by atoms with E-state index < -0.39 is 5.41 Å². The summed E-state index contributed by atoms with van der Waals surface area (Å²) in [6, 6.07) is 1.88. The molecule has 5 nitrogen and oxygen atoms in total. The number of carbonyl (C=O) groups is 1. The zero-order valence-corrected chi connectivity index (χ0v) is 11.6. The van der Waals surface area contributed by atoms with E-state index in [1.807, 2.05) is 33.8 Å². The Hall–Kier alpha value is -2.04. The molecule has 0 aliphatic carbocycles. The van der Waals surface area contributed by atoms with Gasteiger partial charge >= 0.3 is 0 Å². The Morgan fingerprint density at radius 1 is 1.37 bits per heavy atom. The van der Waals surface area contributed by atoms with Gasteiger partial charge in [-0.15, -0.1) is 0 Å². The molecular weight excluding hydrogens is 242 g/mol. The van der Waals surface area contributed by atoms with E-state index in [2.05, 4.69) is 15.1 Å². The van der Waals surface area contributed by atoms with Gasteiger partial charge in [-0.1, -0.05) is 25.9 Å². The summed E-state index contributed by atoms with van der Waals surface area (Å²) in [5, 5.41) is 3.90. The number of ketones is 1. The van der Waals surface area contributed by atoms with E-state index in [4.69, 9.17) is 4.52 Å². The van der Waals surface area contributed by atoms with Crippen LogP contribution in [0.3, 0.4) is 0 Å². The standard InChI is InChI=1S/C14H17N3O2/c1-9-5-6-15-8-10(9)13-16-12(19-17-13)7-11(18)14(2,3)4/h5-6,8H,7H2,1-4H3. The predicted octanol–water partition coefficient (Wildman–Crippen LogP) is 2.60. The van der Waals surface area contributed by atoms with Crippen LogP contribution >= 0.6 is 0 Å². The Morgan fingerprint density at radius 3 is 2.74 bits per heavy atom. The molecule has 0 fully saturated rings. The van der Waals surface area contributed by atoms with E-state index in [9.17, 15) is 4.79 Å². The lowest BCUT2D eigenvalue weighted by atomic mass is 9.89. The number of rotatable bonds is 3. The average molecular weight is 259 g/mol. The minimum atomic E-state index is -0.404. The summed E-state index contributed by atoms with van der Waals surface area (Å²) in [5.41, 5.74) is 1.43. The van der Waals surface area contributed by atoms with E-state index in [-0.39, 0.29) is 12.2 Å². The first-order chi connectivity index (χ1) is 8.88. The van der Waals surface area contributed by atoms with Crippen molar-refractivity contribution in [1.29, 1.82) is 0 Å². The molecular formula is C14H17N3O2. The topological polar surface area (TPSA) is 68.9 Å². The third kappa shape index (κ3) is 3.05. The fraction of sp³-hybridized carbons (Fsp3) is 0.429. The highest BCUT2D eigenvalue weighted by atomic mass is 16.5. The first kappa shape index (κ1) is 13.4. The highest BCUT2D eigenvalue weighted by Gasteiger charge is 2.24. The number of aromatic nitrogens is 3. The van der Waals surface area contributed by atoms with Crippen molar-refractivity contribution in [2.24, 2.45) is 5.41 Å². The van der Waals surface area contributed by atoms with Crippen LogP contribution in [0.1, 0.15) is 32.2 Å². The number of aryl methyl sites for hydroxylation is 1. The molecule has 0 aromatic carbocycles. The van der Waals surface area contributed by atoms with Crippen LogP contribution in [0.4, 0.5) is 0 Å². The van der Waals surface area contributed by atoms with Crippen LogP contribution in [0.25, 0.3) is 11.4 Å². The van der Waals surface area contributed by atoms with E-state index in [1.54, 1.807) is 12.4 Å². The van der Waals surface area contributed by atoms with Gasteiger partial charge in [0.1, 0.15) is 5.78 Å². The van der Waals surface area contributed by atoms with Gasteiger partial charge in [0.2, 0.25) is 11.7 Å². The predicted molar refractivity (Wildman–Crippen MR) is 70.4 cm³/mol. The number of nitrogens with zero attached hydrogens (tertiary/aromatic N) is 3. The van der Waals surface area contributed by atoms with E-state index in [0.29, 0.717) is 11.7 Å². The van der Waals surface area contributed by atoms with Crippen LogP contribution in [-0.2, 0) is 11.2 Å². The van der Waals surface area contributed by atoms with Gasteiger partial charge in [0.05, 0.1) is 6.42 Å². The molecule has 2 aromatic heterocycles. The van der Waals surface area contributed by atoms with Crippen molar-refractivity contribution in [3.8, 4) is 11.4 Å². The van der Waals surface area contributed by atoms with Gasteiger partial charge in [0, 0.05) is 23.4 Å². The summed E-state index contributed by atoms with van der Waals surface area (Å²) in [5.74, 6) is 0.895. The number of hydrogen-bond acceptors (Lipinski definition) is 5. The molecule has 100 valence electrons. The lowest BCUT2D eigenvalue weighted by Crippen LogP contribution is -2.22. The van der Waals surface area contributed by atoms with E-state index in [1.165, 1.54) is 0 Å². The van der Waals surface area contributed by atoms with E-state index >= 15 is 0 Å². The smallest absolute Gasteiger partial charge is 0.234 e. The van der Waals surface area contributed by atoms with Crippen molar-refractivity contribution < 1.29 is 9.32 Å². The maximum Gasteiger partial charge on any atom is 0.234 e. The Balaban J connectivity index is 2.21. The van der Waals surface area contributed by atoms with Gasteiger partial charge in [-0.25, -0.2) is 0 Å². The number of carbonyl (C=O) groups excluding carboxylic acids is 1. The summed E-state index contributed by atoms with van der Waals surface area (Å²) < 4.78 is 5.13. The van der Waals surface area contributed by atoms with Crippen molar-refractivity contribution in [2.45, 2.75) is 34.1 Å². The van der Waals surface area contributed by atoms with Crippen molar-refractivity contribution in [1.82, 2.24) is 15.1 Å². The second-order valence-corrected chi connectivity index (χ2v) is 5.55. The first-order valence-corrected chi connectivity index (χ1v) is 6.15. The molecule has 0 aliphatic heterocycles. The Morgan fingerprint density at radius 2 is 2.11 bits per heavy atom. The maximum atomic E-state index is 11.9. The largest absolute Gasteiger partial charge is 0.338 e. The highest BCUT2D eigenvalue weighted by molar-refractivity contribution is 5.85. The minimum absolute atomic E-state index is 0.0746. The fourth-order valence-corrected chi connectivity index (χ4v) is 1.54. The molecule has 0 bridgehead atoms. The van der Waals surface area contributed by atoms with Gasteiger partial charge in [0.25, 0.3) is 0 Å². The highest BCUT2D eigenvalue weighted by Crippen LogP contribution is 2.21. The third-order valence-corrected chi connectivity index (χ3v) is 2.90. The minimum Gasteiger partial charge on any atom is -0.338 e. The van der Waals surface area contributed by atoms with Gasteiger partial charge in [-0.2, -0.15) is 4.98 Å². The molecule has 0 aliphatic rings. The number of Topliss-reactive ketones (excluding diaryl/α,β-unsaturated/α-hetero) is 1. The summed E-state index contributed by atoms with van der Waals surface area (Å²) in [4.78, 5) is 20.2. The van der Waals surface area contributed by atoms with Crippen LogP contribution in [-0.4, -0.2) is 20.9 Å². The van der Waals surface area contributed by atoms with Crippen molar-refractivity contribution >= 4 is 5.78 Å². The van der Waals surface area contributed by atoms with Gasteiger partial charge in [-0.05, 0) is 18.6 Å². The van der Waals surface area contributed by atoms with Crippen LogP contribution in [0.15, 0.2) is 23.0 Å². The number of hydrogen-bond donors (Lipinski definition) is 0. The maximum absolute atomic E-state index is 11.9. The third-order valence-electron chi connectivity index (χ3n) is 2.90. The molecule has 0 N–H and O–H groups in total. The normalized spacial score (nSPS) is 11.6. The van der Waals surface area contributed by atoms with Gasteiger partial charge in [-0.3, -0.25) is 9.78 Å². The Bertz CT molecular complexity index is 597. The van der Waals surface area contributed by atoms with E-state index in [0.717, 1.165) is 11.1 Å². The molecule has 0 radical (unpaired) electrons. The Kier molecular flexibility index (Phi) is 3.46. The molecule has 0 atom stereocenters. The van der Waals surface area contributed by atoms with Gasteiger partial charge in [0.15, 0.2) is 0 Å². The molecule has 2 rings (SSSR count). The van der Waals surface area contributed by atoms with Crippen molar-refractivity contribution in [3.63, 3.8) is 0 Å². The molecule has 2 heterocycles. The van der Waals surface area contributed by atoms with Crippen LogP contribution in [0.5, 0.6) is 0 Å². The average Bonchev–Trinajstić information content (AvgIpc) is 2.76. The molecule has 0 saturated carbocycles. The first-order valence-electron chi connectivity index (χ1n) is 6.15. The zero-order chi connectivity index (χ0) is 14.0. The monoisotopic (exact) mass is 259 g/mol. The van der Waals surface area contributed by atoms with Crippen molar-refractivity contribution in [3.05, 3.63) is 29.9 Å². The lowest BCUT2D eigenvalue weighted by molar-refractivity contribution is -0.125. The Labute approximate surface area is 112 Å². The molecule has 19 heavy (non-hydrogen) atoms. The second-order valence-electron chi connectivity index (χ2n) is 5.55. The van der Waals surface area contributed by atoms with Crippen molar-refractivity contribution in [2.75, 3.05) is 0 Å². The zero-order valence-electron chi connectivity index (χ0n) is 11.6. The number of pyridine rings is 1. The molecule has 2 aromatic rings. The second kappa shape index (κ2) is 4.91. The molecule has 0 spiro atoms. The van der Waals surface area contributed by atoms with Crippen LogP contribution in [0, 0.1) is 12.3 Å². The SMILES string of the molecule is Cc1ccncc1-c1noc(CC(=O)C(C)(C)C)n1. The quantitative estimate of drug-likeness (QED) is 0.847. The summed E-state index contributed by atoms with van der Waals surface area (Å²) in [6.45, 7) is 7.57. The molecule has 5 heteroatoms. The van der Waals surface area contributed by atoms with Crippen LogP contribution in [0.2, 0.25) is 0 Å².